The van der Waals surface area contributed by atoms with Crippen molar-refractivity contribution in [3.63, 3.8) is 0 Å². The molecule has 0 radical (unpaired) electrons. The van der Waals surface area contributed by atoms with E-state index in [4.69, 9.17) is 5.73 Å². The Labute approximate surface area is 120 Å². The number of hydrogen-bond acceptors (Lipinski definition) is 4. The van der Waals surface area contributed by atoms with Crippen molar-refractivity contribution in [3.8, 4) is 0 Å². The molecule has 112 valence electrons. The summed E-state index contributed by atoms with van der Waals surface area (Å²) in [6, 6.07) is 1.60. The molecular weight excluding hydrogens is 254 g/mol. The molecule has 6 heteroatoms. The van der Waals surface area contributed by atoms with Crippen LogP contribution < -0.4 is 5.73 Å². The molecule has 1 aliphatic heterocycles. The minimum Gasteiger partial charge on any atom is -0.382 e. The van der Waals surface area contributed by atoms with Crippen molar-refractivity contribution in [2.24, 2.45) is 5.92 Å². The zero-order valence-electron chi connectivity index (χ0n) is 12.4. The fraction of sp³-hybridized carbons (Fsp3) is 0.714. The first-order valence-corrected chi connectivity index (χ1v) is 7.46. The lowest BCUT2D eigenvalue weighted by molar-refractivity contribution is 0.0664. The van der Waals surface area contributed by atoms with Crippen molar-refractivity contribution in [1.29, 1.82) is 0 Å². The van der Waals surface area contributed by atoms with Crippen LogP contribution in [0.3, 0.4) is 0 Å². The van der Waals surface area contributed by atoms with Crippen molar-refractivity contribution in [2.75, 3.05) is 38.5 Å². The summed E-state index contributed by atoms with van der Waals surface area (Å²) in [5, 5.41) is 6.50. The standard InChI is InChI=1S/C14H25N5O/c1-3-18(4-2)10-11-5-7-19(8-6-11)14(20)12-9-13(15)17-16-12/h9,11H,3-8,10H2,1-2H3,(H3,15,16,17). The Kier molecular flexibility index (Phi) is 5.00. The van der Waals surface area contributed by atoms with Gasteiger partial charge in [-0.15, -0.1) is 0 Å². The second kappa shape index (κ2) is 6.74. The minimum absolute atomic E-state index is 0.00971. The van der Waals surface area contributed by atoms with Gasteiger partial charge in [0.2, 0.25) is 0 Å². The number of piperidine rings is 1. The number of nitrogens with one attached hydrogen (secondary N) is 1. The molecule has 1 aromatic heterocycles. The van der Waals surface area contributed by atoms with Gasteiger partial charge in [-0.2, -0.15) is 5.10 Å². The molecule has 6 nitrogen and oxygen atoms in total. The second-order valence-electron chi connectivity index (χ2n) is 5.43. The highest BCUT2D eigenvalue weighted by molar-refractivity contribution is 5.93. The van der Waals surface area contributed by atoms with E-state index in [1.807, 2.05) is 4.90 Å². The van der Waals surface area contributed by atoms with Crippen LogP contribution in [0.25, 0.3) is 0 Å². The van der Waals surface area contributed by atoms with Gasteiger partial charge in [0.25, 0.3) is 5.91 Å². The third-order valence-electron chi connectivity index (χ3n) is 4.14. The highest BCUT2D eigenvalue weighted by Crippen LogP contribution is 2.20. The molecule has 0 aromatic carbocycles. The Morgan fingerprint density at radius 1 is 1.45 bits per heavy atom. The van der Waals surface area contributed by atoms with Crippen LogP contribution in [0.2, 0.25) is 0 Å². The van der Waals surface area contributed by atoms with Gasteiger partial charge < -0.3 is 15.5 Å². The molecule has 0 bridgehead atoms. The Morgan fingerprint density at radius 2 is 2.10 bits per heavy atom. The number of likely N-dealkylation sites (tertiary alicyclic amines) is 1. The molecule has 1 aliphatic rings. The molecule has 3 N–H and O–H groups in total. The van der Waals surface area contributed by atoms with E-state index in [0.717, 1.165) is 45.6 Å². The molecule has 0 saturated carbocycles. The van der Waals surface area contributed by atoms with Crippen molar-refractivity contribution in [3.05, 3.63) is 11.8 Å². The topological polar surface area (TPSA) is 78.2 Å². The number of H-pyrrole nitrogens is 1. The minimum atomic E-state index is 0.00971. The average molecular weight is 279 g/mol. The Morgan fingerprint density at radius 3 is 2.60 bits per heavy atom. The number of amides is 1. The molecule has 1 aromatic rings. The van der Waals surface area contributed by atoms with Crippen LogP contribution in [0.5, 0.6) is 0 Å². The predicted octanol–water partition coefficient (Wildman–Crippen LogP) is 1.19. The van der Waals surface area contributed by atoms with Crippen LogP contribution in [-0.4, -0.2) is 58.6 Å². The van der Waals surface area contributed by atoms with Crippen molar-refractivity contribution < 1.29 is 4.79 Å². The molecule has 1 amide bonds. The maximum Gasteiger partial charge on any atom is 0.271 e. The molecule has 0 unspecified atom stereocenters. The fourth-order valence-electron chi connectivity index (χ4n) is 2.78. The maximum atomic E-state index is 12.2. The van der Waals surface area contributed by atoms with Gasteiger partial charge >= 0.3 is 0 Å². The largest absolute Gasteiger partial charge is 0.382 e. The van der Waals surface area contributed by atoms with Gasteiger partial charge in [0.05, 0.1) is 0 Å². The van der Waals surface area contributed by atoms with E-state index in [0.29, 0.717) is 17.4 Å². The maximum absolute atomic E-state index is 12.2. The smallest absolute Gasteiger partial charge is 0.271 e. The fourth-order valence-corrected chi connectivity index (χ4v) is 2.78. The molecule has 20 heavy (non-hydrogen) atoms. The van der Waals surface area contributed by atoms with Crippen LogP contribution in [0.15, 0.2) is 6.07 Å². The Hall–Kier alpha value is -1.56. The summed E-state index contributed by atoms with van der Waals surface area (Å²) in [5.74, 6) is 1.08. The van der Waals surface area contributed by atoms with Crippen LogP contribution in [0, 0.1) is 5.92 Å². The molecule has 2 heterocycles. The van der Waals surface area contributed by atoms with E-state index in [9.17, 15) is 4.79 Å². The lowest BCUT2D eigenvalue weighted by Crippen LogP contribution is -2.41. The number of aromatic nitrogens is 2. The number of carbonyl (C=O) groups is 1. The molecule has 0 aliphatic carbocycles. The zero-order valence-corrected chi connectivity index (χ0v) is 12.4. The van der Waals surface area contributed by atoms with E-state index >= 15 is 0 Å². The lowest BCUT2D eigenvalue weighted by atomic mass is 9.96. The number of nitrogens with two attached hydrogens (primary N) is 1. The highest BCUT2D eigenvalue weighted by atomic mass is 16.2. The first kappa shape index (κ1) is 14.8. The molecule has 0 atom stereocenters. The number of rotatable bonds is 5. The molecule has 2 rings (SSSR count). The Balaban J connectivity index is 1.83. The number of nitrogen functional groups attached to an aromatic ring is 1. The van der Waals surface area contributed by atoms with E-state index in [2.05, 4.69) is 28.9 Å². The summed E-state index contributed by atoms with van der Waals surface area (Å²) < 4.78 is 0. The van der Waals surface area contributed by atoms with Crippen molar-refractivity contribution in [1.82, 2.24) is 20.0 Å². The van der Waals surface area contributed by atoms with Crippen LogP contribution in [0.1, 0.15) is 37.2 Å². The van der Waals surface area contributed by atoms with Gasteiger partial charge in [-0.25, -0.2) is 0 Å². The van der Waals surface area contributed by atoms with Gasteiger partial charge in [0, 0.05) is 25.7 Å². The Bertz CT molecular complexity index is 433. The van der Waals surface area contributed by atoms with Gasteiger partial charge in [0.15, 0.2) is 0 Å². The molecule has 1 saturated heterocycles. The zero-order chi connectivity index (χ0) is 14.5. The highest BCUT2D eigenvalue weighted by Gasteiger charge is 2.25. The van der Waals surface area contributed by atoms with Gasteiger partial charge in [0.1, 0.15) is 11.5 Å². The van der Waals surface area contributed by atoms with Crippen molar-refractivity contribution >= 4 is 11.7 Å². The second-order valence-corrected chi connectivity index (χ2v) is 5.43. The normalized spacial score (nSPS) is 16.9. The summed E-state index contributed by atoms with van der Waals surface area (Å²) in [6.07, 6.45) is 2.15. The quantitative estimate of drug-likeness (QED) is 0.848. The molecule has 1 fully saturated rings. The summed E-state index contributed by atoms with van der Waals surface area (Å²) in [4.78, 5) is 16.6. The third kappa shape index (κ3) is 3.50. The van der Waals surface area contributed by atoms with E-state index in [1.54, 1.807) is 6.07 Å². The molecule has 0 spiro atoms. The summed E-state index contributed by atoms with van der Waals surface area (Å²) in [7, 11) is 0. The number of anilines is 1. The first-order valence-electron chi connectivity index (χ1n) is 7.46. The van der Waals surface area contributed by atoms with Gasteiger partial charge in [-0.3, -0.25) is 9.89 Å². The summed E-state index contributed by atoms with van der Waals surface area (Å²) >= 11 is 0. The number of carbonyl (C=O) groups excluding carboxylic acids is 1. The number of nitrogens with zero attached hydrogens (tertiary/aromatic N) is 3. The van der Waals surface area contributed by atoms with Crippen LogP contribution in [-0.2, 0) is 0 Å². The van der Waals surface area contributed by atoms with Crippen molar-refractivity contribution in [2.45, 2.75) is 26.7 Å². The SMILES string of the molecule is CCN(CC)CC1CCN(C(=O)c2cc(N)n[nH]2)CC1. The third-order valence-corrected chi connectivity index (χ3v) is 4.14. The number of aromatic amines is 1. The van der Waals surface area contributed by atoms with Gasteiger partial charge in [-0.05, 0) is 31.8 Å². The average Bonchev–Trinajstić information content (AvgIpc) is 2.91. The lowest BCUT2D eigenvalue weighted by Gasteiger charge is -2.34. The van der Waals surface area contributed by atoms with E-state index in [-0.39, 0.29) is 5.91 Å². The van der Waals surface area contributed by atoms with Crippen LogP contribution >= 0.6 is 0 Å². The van der Waals surface area contributed by atoms with E-state index in [1.165, 1.54) is 0 Å². The van der Waals surface area contributed by atoms with Crippen LogP contribution in [0.4, 0.5) is 5.82 Å². The number of hydrogen-bond donors (Lipinski definition) is 2. The first-order chi connectivity index (χ1) is 9.63. The van der Waals surface area contributed by atoms with Gasteiger partial charge in [-0.1, -0.05) is 13.8 Å². The monoisotopic (exact) mass is 279 g/mol. The summed E-state index contributed by atoms with van der Waals surface area (Å²) in [6.45, 7) is 9.39. The summed E-state index contributed by atoms with van der Waals surface area (Å²) in [5.41, 5.74) is 6.03. The predicted molar refractivity (Wildman–Crippen MR) is 79.4 cm³/mol. The van der Waals surface area contributed by atoms with E-state index < -0.39 is 0 Å². The molecular formula is C14H25N5O.